The number of rotatable bonds is 5. The Morgan fingerprint density at radius 2 is 1.95 bits per heavy atom. The van der Waals surface area contributed by atoms with E-state index in [1.807, 2.05) is 42.5 Å². The summed E-state index contributed by atoms with van der Waals surface area (Å²) >= 11 is 0. The molecule has 0 unspecified atom stereocenters. The highest BCUT2D eigenvalue weighted by Crippen LogP contribution is 2.25. The molecule has 0 heterocycles. The molecule has 1 N–H and O–H groups in total. The molecule has 19 heavy (non-hydrogen) atoms. The van der Waals surface area contributed by atoms with E-state index in [1.165, 1.54) is 0 Å². The topological polar surface area (TPSA) is 46.5 Å². The summed E-state index contributed by atoms with van der Waals surface area (Å²) in [5, 5.41) is 11.1. The van der Waals surface area contributed by atoms with Gasteiger partial charge in [-0.3, -0.25) is 0 Å². The molecule has 3 heteroatoms. The van der Waals surface area contributed by atoms with Crippen LogP contribution in [0.3, 0.4) is 0 Å². The van der Waals surface area contributed by atoms with Crippen LogP contribution >= 0.6 is 0 Å². The van der Waals surface area contributed by atoms with E-state index in [1.54, 1.807) is 13.0 Å². The second-order valence-corrected chi connectivity index (χ2v) is 4.19. The summed E-state index contributed by atoms with van der Waals surface area (Å²) in [6.45, 7) is 2.08. The Labute approximate surface area is 112 Å². The molecule has 0 amide bonds. The van der Waals surface area contributed by atoms with Crippen LogP contribution < -0.4 is 4.74 Å². The van der Waals surface area contributed by atoms with Gasteiger partial charge in [0.05, 0.1) is 6.61 Å². The lowest BCUT2D eigenvalue weighted by Gasteiger charge is -2.09. The average Bonchev–Trinajstić information content (AvgIpc) is 2.43. The Kier molecular flexibility index (Phi) is 4.18. The van der Waals surface area contributed by atoms with Gasteiger partial charge in [-0.05, 0) is 18.4 Å². The van der Waals surface area contributed by atoms with Gasteiger partial charge in [0.15, 0.2) is 0 Å². The van der Waals surface area contributed by atoms with Crippen LogP contribution in [0.4, 0.5) is 0 Å². The number of carboxylic acid groups (broad SMARTS) is 1. The molecular formula is C16H16O3. The third-order valence-corrected chi connectivity index (χ3v) is 3.00. The fourth-order valence-corrected chi connectivity index (χ4v) is 1.97. The van der Waals surface area contributed by atoms with Gasteiger partial charge in [-0.2, -0.15) is 0 Å². The lowest BCUT2D eigenvalue weighted by Crippen LogP contribution is -2.06. The number of aliphatic carboxylic acids is 1. The zero-order valence-electron chi connectivity index (χ0n) is 10.8. The van der Waals surface area contributed by atoms with Crippen LogP contribution in [-0.4, -0.2) is 17.7 Å². The van der Waals surface area contributed by atoms with E-state index in [2.05, 4.69) is 0 Å². The zero-order chi connectivity index (χ0) is 13.7. The first-order valence-corrected chi connectivity index (χ1v) is 6.21. The maximum atomic E-state index is 10.9. The van der Waals surface area contributed by atoms with Gasteiger partial charge in [-0.15, -0.1) is 0 Å². The average molecular weight is 256 g/mol. The first-order chi connectivity index (χ1) is 9.22. The smallest absolute Gasteiger partial charge is 0.331 e. The van der Waals surface area contributed by atoms with E-state index in [0.29, 0.717) is 18.6 Å². The molecule has 0 fully saturated rings. The van der Waals surface area contributed by atoms with Crippen molar-refractivity contribution >= 4 is 16.7 Å². The summed E-state index contributed by atoms with van der Waals surface area (Å²) in [6.07, 6.45) is 2.00. The van der Waals surface area contributed by atoms with Crippen LogP contribution in [0.15, 0.2) is 54.1 Å². The monoisotopic (exact) mass is 256 g/mol. The maximum Gasteiger partial charge on any atom is 0.331 e. The molecule has 3 nitrogen and oxygen atoms in total. The van der Waals surface area contributed by atoms with Crippen molar-refractivity contribution in [2.75, 3.05) is 6.61 Å². The second-order valence-electron chi connectivity index (χ2n) is 4.19. The van der Waals surface area contributed by atoms with Crippen LogP contribution in [0.1, 0.15) is 13.3 Å². The summed E-state index contributed by atoms with van der Waals surface area (Å²) in [7, 11) is 0. The number of fused-ring (bicyclic) bond motifs is 1. The standard InChI is InChI=1S/C16H16O3/c1-2-12(16(17)18)10-11-19-15-9-5-7-13-6-3-4-8-14(13)15/h2-9H,10-11H2,1H3,(H,17,18). The number of ether oxygens (including phenoxy) is 1. The molecule has 0 aromatic heterocycles. The van der Waals surface area contributed by atoms with Crippen molar-refractivity contribution < 1.29 is 14.6 Å². The molecule has 2 rings (SSSR count). The molecule has 0 aliphatic heterocycles. The van der Waals surface area contributed by atoms with Crippen LogP contribution in [0, 0.1) is 0 Å². The minimum Gasteiger partial charge on any atom is -0.493 e. The normalized spacial score (nSPS) is 11.5. The predicted molar refractivity (Wildman–Crippen MR) is 75.5 cm³/mol. The molecule has 0 bridgehead atoms. The van der Waals surface area contributed by atoms with Crippen molar-refractivity contribution in [2.24, 2.45) is 0 Å². The van der Waals surface area contributed by atoms with Gasteiger partial charge < -0.3 is 9.84 Å². The maximum absolute atomic E-state index is 10.9. The van der Waals surface area contributed by atoms with Crippen LogP contribution in [0.2, 0.25) is 0 Å². The molecule has 0 spiro atoms. The van der Waals surface area contributed by atoms with Crippen LogP contribution in [0.5, 0.6) is 5.75 Å². The van der Waals surface area contributed by atoms with E-state index in [0.717, 1.165) is 16.5 Å². The van der Waals surface area contributed by atoms with Crippen molar-refractivity contribution in [3.8, 4) is 5.75 Å². The third-order valence-electron chi connectivity index (χ3n) is 3.00. The Balaban J connectivity index is 2.08. The van der Waals surface area contributed by atoms with E-state index < -0.39 is 5.97 Å². The molecule has 0 saturated carbocycles. The SMILES string of the molecule is CC=C(CCOc1cccc2ccccc12)C(=O)O. The summed E-state index contributed by atoms with van der Waals surface area (Å²) in [5.74, 6) is -0.0945. The summed E-state index contributed by atoms with van der Waals surface area (Å²) in [6, 6.07) is 13.8. The van der Waals surface area contributed by atoms with Crippen molar-refractivity contribution in [3.05, 3.63) is 54.1 Å². The van der Waals surface area contributed by atoms with Gasteiger partial charge in [0, 0.05) is 17.4 Å². The molecule has 0 aliphatic carbocycles. The van der Waals surface area contributed by atoms with Gasteiger partial charge in [-0.1, -0.05) is 42.5 Å². The van der Waals surface area contributed by atoms with E-state index in [4.69, 9.17) is 9.84 Å². The number of carboxylic acids is 1. The fourth-order valence-electron chi connectivity index (χ4n) is 1.97. The number of carbonyl (C=O) groups is 1. The van der Waals surface area contributed by atoms with Gasteiger partial charge in [0.2, 0.25) is 0 Å². The van der Waals surface area contributed by atoms with E-state index >= 15 is 0 Å². The predicted octanol–water partition coefficient (Wildman–Crippen LogP) is 3.64. The van der Waals surface area contributed by atoms with E-state index in [9.17, 15) is 4.79 Å². The van der Waals surface area contributed by atoms with Crippen molar-refractivity contribution in [1.29, 1.82) is 0 Å². The molecule has 2 aromatic rings. The van der Waals surface area contributed by atoms with Gasteiger partial charge >= 0.3 is 5.97 Å². The Bertz CT molecular complexity index is 609. The van der Waals surface area contributed by atoms with Gasteiger partial charge in [0.1, 0.15) is 5.75 Å². The number of hydrogen-bond acceptors (Lipinski definition) is 2. The van der Waals surface area contributed by atoms with Gasteiger partial charge in [-0.25, -0.2) is 4.79 Å². The fraction of sp³-hybridized carbons (Fsp3) is 0.188. The Hall–Kier alpha value is -2.29. The van der Waals surface area contributed by atoms with Crippen molar-refractivity contribution in [2.45, 2.75) is 13.3 Å². The lowest BCUT2D eigenvalue weighted by molar-refractivity contribution is -0.132. The summed E-state index contributed by atoms with van der Waals surface area (Å²) in [4.78, 5) is 10.9. The Morgan fingerprint density at radius 3 is 2.68 bits per heavy atom. The number of benzene rings is 2. The highest BCUT2D eigenvalue weighted by atomic mass is 16.5. The molecule has 98 valence electrons. The molecular weight excluding hydrogens is 240 g/mol. The second kappa shape index (κ2) is 6.05. The Morgan fingerprint density at radius 1 is 1.21 bits per heavy atom. The molecule has 0 aliphatic rings. The lowest BCUT2D eigenvalue weighted by atomic mass is 10.1. The largest absolute Gasteiger partial charge is 0.493 e. The van der Waals surface area contributed by atoms with Crippen LogP contribution in [-0.2, 0) is 4.79 Å². The molecule has 0 radical (unpaired) electrons. The highest BCUT2D eigenvalue weighted by molar-refractivity contribution is 5.88. The summed E-state index contributed by atoms with van der Waals surface area (Å²) in [5.41, 5.74) is 0.375. The van der Waals surface area contributed by atoms with Crippen molar-refractivity contribution in [3.63, 3.8) is 0 Å². The number of hydrogen-bond donors (Lipinski definition) is 1. The zero-order valence-corrected chi connectivity index (χ0v) is 10.8. The van der Waals surface area contributed by atoms with Gasteiger partial charge in [0.25, 0.3) is 0 Å². The minimum atomic E-state index is -0.885. The van der Waals surface area contributed by atoms with E-state index in [-0.39, 0.29) is 0 Å². The molecule has 0 atom stereocenters. The first-order valence-electron chi connectivity index (χ1n) is 6.21. The number of allylic oxidation sites excluding steroid dienone is 1. The minimum absolute atomic E-state index is 0.361. The quantitative estimate of drug-likeness (QED) is 0.831. The highest BCUT2D eigenvalue weighted by Gasteiger charge is 2.06. The molecule has 0 saturated heterocycles. The first kappa shape index (κ1) is 13.1. The van der Waals surface area contributed by atoms with Crippen molar-refractivity contribution in [1.82, 2.24) is 0 Å². The summed E-state index contributed by atoms with van der Waals surface area (Å²) < 4.78 is 5.70. The van der Waals surface area contributed by atoms with Crippen LogP contribution in [0.25, 0.3) is 10.8 Å². The molecule has 2 aromatic carbocycles. The third kappa shape index (κ3) is 3.13.